The Bertz CT molecular complexity index is 1180. The van der Waals surface area contributed by atoms with Crippen molar-refractivity contribution in [3.05, 3.63) is 71.3 Å². The average Bonchev–Trinajstić information content (AvgIpc) is 3.13. The third kappa shape index (κ3) is 4.47. The number of nitrogens with one attached hydrogen (secondary N) is 1. The van der Waals surface area contributed by atoms with Gasteiger partial charge >= 0.3 is 0 Å². The minimum atomic E-state index is -0.121. The second-order valence-electron chi connectivity index (χ2n) is 7.74. The van der Waals surface area contributed by atoms with Gasteiger partial charge in [-0.2, -0.15) is 0 Å². The van der Waals surface area contributed by atoms with Crippen molar-refractivity contribution >= 4 is 51.2 Å². The van der Waals surface area contributed by atoms with Crippen LogP contribution in [0.2, 0.25) is 0 Å². The SMILES string of the molecule is CN1CCN(c2ccc(/N=C3/NC(=O)/C(=C/c4ccc5ncccc5c4)S3)cc2)CC1. The largest absolute Gasteiger partial charge is 0.369 e. The number of hydrogen-bond donors (Lipinski definition) is 1. The predicted molar refractivity (Wildman–Crippen MR) is 129 cm³/mol. The van der Waals surface area contributed by atoms with Gasteiger partial charge in [0.15, 0.2) is 5.17 Å². The summed E-state index contributed by atoms with van der Waals surface area (Å²) >= 11 is 1.37. The number of rotatable bonds is 3. The van der Waals surface area contributed by atoms with E-state index in [1.54, 1.807) is 6.20 Å². The summed E-state index contributed by atoms with van der Waals surface area (Å²) in [7, 11) is 2.16. The van der Waals surface area contributed by atoms with Gasteiger partial charge in [-0.05, 0) is 72.9 Å². The molecule has 2 saturated heterocycles. The van der Waals surface area contributed by atoms with E-state index in [0.29, 0.717) is 10.1 Å². The van der Waals surface area contributed by atoms with Crippen LogP contribution in [-0.2, 0) is 4.79 Å². The van der Waals surface area contributed by atoms with E-state index in [-0.39, 0.29) is 5.91 Å². The average molecular weight is 430 g/mol. The number of thioether (sulfide) groups is 1. The molecule has 156 valence electrons. The number of amidine groups is 1. The van der Waals surface area contributed by atoms with Gasteiger partial charge in [-0.15, -0.1) is 0 Å². The number of aromatic nitrogens is 1. The van der Waals surface area contributed by atoms with E-state index in [0.717, 1.165) is 48.3 Å². The molecule has 0 aliphatic carbocycles. The van der Waals surface area contributed by atoms with Gasteiger partial charge in [0.2, 0.25) is 0 Å². The van der Waals surface area contributed by atoms with Gasteiger partial charge < -0.3 is 15.1 Å². The molecule has 0 bridgehead atoms. The van der Waals surface area contributed by atoms with Crippen LogP contribution in [0.15, 0.2) is 70.7 Å². The maximum Gasteiger partial charge on any atom is 0.264 e. The number of amides is 1. The highest BCUT2D eigenvalue weighted by Gasteiger charge is 2.24. The third-order valence-corrected chi connectivity index (χ3v) is 6.43. The van der Waals surface area contributed by atoms with Crippen LogP contribution in [0.4, 0.5) is 11.4 Å². The standard InChI is InChI=1S/C24H23N5OS/c1-28-11-13-29(14-12-28)20-7-5-19(6-8-20)26-24-27-23(30)22(31-24)16-17-4-9-21-18(15-17)3-2-10-25-21/h2-10,15-16H,11-14H2,1H3,(H,26,27,30)/b22-16-. The van der Waals surface area contributed by atoms with Crippen molar-refractivity contribution < 1.29 is 4.79 Å². The lowest BCUT2D eigenvalue weighted by molar-refractivity contribution is -0.115. The number of anilines is 1. The molecule has 5 rings (SSSR count). The fraction of sp³-hybridized carbons (Fsp3) is 0.208. The number of hydrogen-bond acceptors (Lipinski definition) is 6. The molecule has 7 heteroatoms. The molecule has 0 unspecified atom stereocenters. The monoisotopic (exact) mass is 429 g/mol. The zero-order chi connectivity index (χ0) is 21.2. The molecule has 1 N–H and O–H groups in total. The summed E-state index contributed by atoms with van der Waals surface area (Å²) in [5, 5.41) is 4.52. The van der Waals surface area contributed by atoms with E-state index >= 15 is 0 Å². The number of carbonyl (C=O) groups is 1. The van der Waals surface area contributed by atoms with E-state index in [9.17, 15) is 4.79 Å². The Hall–Kier alpha value is -3.16. The molecule has 3 heterocycles. The van der Waals surface area contributed by atoms with Crippen LogP contribution in [-0.4, -0.2) is 54.2 Å². The van der Waals surface area contributed by atoms with Crippen molar-refractivity contribution in [3.63, 3.8) is 0 Å². The number of likely N-dealkylation sites (N-methyl/N-ethyl adjacent to an activating group) is 1. The molecule has 0 saturated carbocycles. The lowest BCUT2D eigenvalue weighted by Crippen LogP contribution is -2.44. The maximum absolute atomic E-state index is 12.4. The van der Waals surface area contributed by atoms with Crippen molar-refractivity contribution in [2.75, 3.05) is 38.1 Å². The van der Waals surface area contributed by atoms with Crippen molar-refractivity contribution in [2.45, 2.75) is 0 Å². The Kier molecular flexibility index (Phi) is 5.44. The van der Waals surface area contributed by atoms with Gasteiger partial charge in [-0.3, -0.25) is 9.78 Å². The van der Waals surface area contributed by atoms with Gasteiger partial charge in [-0.1, -0.05) is 12.1 Å². The maximum atomic E-state index is 12.4. The molecule has 0 spiro atoms. The molecule has 31 heavy (non-hydrogen) atoms. The normalized spacial score (nSPS) is 20.0. The first kappa shape index (κ1) is 19.8. The van der Waals surface area contributed by atoms with Gasteiger partial charge in [0, 0.05) is 43.4 Å². The van der Waals surface area contributed by atoms with E-state index < -0.39 is 0 Å². The van der Waals surface area contributed by atoms with Crippen LogP contribution in [0.5, 0.6) is 0 Å². The third-order valence-electron chi connectivity index (χ3n) is 5.52. The van der Waals surface area contributed by atoms with Gasteiger partial charge in [0.25, 0.3) is 5.91 Å². The number of pyridine rings is 1. The predicted octanol–water partition coefficient (Wildman–Crippen LogP) is 3.88. The second kappa shape index (κ2) is 8.53. The van der Waals surface area contributed by atoms with E-state index in [2.05, 4.69) is 44.3 Å². The number of benzene rings is 2. The molecule has 2 aliphatic rings. The summed E-state index contributed by atoms with van der Waals surface area (Å²) in [6, 6.07) is 18.1. The van der Waals surface area contributed by atoms with E-state index in [1.807, 2.05) is 48.5 Å². The Morgan fingerprint density at radius 3 is 2.68 bits per heavy atom. The molecular formula is C24H23N5OS. The summed E-state index contributed by atoms with van der Waals surface area (Å²) < 4.78 is 0. The Labute approximate surface area is 185 Å². The van der Waals surface area contributed by atoms with Crippen LogP contribution in [0.25, 0.3) is 17.0 Å². The van der Waals surface area contributed by atoms with E-state index in [4.69, 9.17) is 0 Å². The molecule has 3 aromatic rings. The van der Waals surface area contributed by atoms with Crippen LogP contribution in [0, 0.1) is 0 Å². The Balaban J connectivity index is 1.30. The fourth-order valence-corrected chi connectivity index (χ4v) is 4.58. The highest BCUT2D eigenvalue weighted by Crippen LogP contribution is 2.29. The van der Waals surface area contributed by atoms with Crippen LogP contribution >= 0.6 is 11.8 Å². The van der Waals surface area contributed by atoms with Crippen LogP contribution in [0.1, 0.15) is 5.56 Å². The van der Waals surface area contributed by atoms with Crippen molar-refractivity contribution in [1.29, 1.82) is 0 Å². The van der Waals surface area contributed by atoms with Crippen LogP contribution < -0.4 is 10.2 Å². The second-order valence-corrected chi connectivity index (χ2v) is 8.77. The molecule has 2 fully saturated rings. The molecule has 1 amide bonds. The van der Waals surface area contributed by atoms with Crippen molar-refractivity contribution in [2.24, 2.45) is 4.99 Å². The zero-order valence-electron chi connectivity index (χ0n) is 17.3. The molecule has 2 aromatic carbocycles. The van der Waals surface area contributed by atoms with Crippen molar-refractivity contribution in [1.82, 2.24) is 15.2 Å². The highest BCUT2D eigenvalue weighted by molar-refractivity contribution is 8.18. The first-order chi connectivity index (χ1) is 15.1. The number of aliphatic imine (C=N–C) groups is 1. The molecule has 2 aliphatic heterocycles. The fourth-order valence-electron chi connectivity index (χ4n) is 3.74. The summed E-state index contributed by atoms with van der Waals surface area (Å²) in [4.78, 5) is 26.8. The first-order valence-corrected chi connectivity index (χ1v) is 11.1. The molecule has 0 radical (unpaired) electrons. The quantitative estimate of drug-likeness (QED) is 0.641. The first-order valence-electron chi connectivity index (χ1n) is 10.3. The summed E-state index contributed by atoms with van der Waals surface area (Å²) in [6.45, 7) is 4.23. The minimum absolute atomic E-state index is 0.121. The smallest absolute Gasteiger partial charge is 0.264 e. The van der Waals surface area contributed by atoms with Gasteiger partial charge in [0.1, 0.15) is 0 Å². The highest BCUT2D eigenvalue weighted by atomic mass is 32.2. The Morgan fingerprint density at radius 2 is 1.87 bits per heavy atom. The number of piperazine rings is 1. The van der Waals surface area contributed by atoms with E-state index in [1.165, 1.54) is 17.4 Å². The lowest BCUT2D eigenvalue weighted by Gasteiger charge is -2.34. The van der Waals surface area contributed by atoms with Gasteiger partial charge in [-0.25, -0.2) is 4.99 Å². The van der Waals surface area contributed by atoms with Crippen molar-refractivity contribution in [3.8, 4) is 0 Å². The number of carbonyl (C=O) groups excluding carboxylic acids is 1. The topological polar surface area (TPSA) is 60.8 Å². The summed E-state index contributed by atoms with van der Waals surface area (Å²) in [5.74, 6) is -0.121. The minimum Gasteiger partial charge on any atom is -0.369 e. The zero-order valence-corrected chi connectivity index (χ0v) is 18.1. The van der Waals surface area contributed by atoms with Crippen LogP contribution in [0.3, 0.4) is 0 Å². The molecule has 1 aromatic heterocycles. The number of nitrogens with zero attached hydrogens (tertiary/aromatic N) is 4. The lowest BCUT2D eigenvalue weighted by atomic mass is 10.1. The number of fused-ring (bicyclic) bond motifs is 1. The molecule has 0 atom stereocenters. The summed E-state index contributed by atoms with van der Waals surface area (Å²) in [6.07, 6.45) is 3.67. The summed E-state index contributed by atoms with van der Waals surface area (Å²) in [5.41, 5.74) is 3.96. The Morgan fingerprint density at radius 1 is 1.06 bits per heavy atom. The molecular weight excluding hydrogens is 406 g/mol. The molecule has 6 nitrogen and oxygen atoms in total. The van der Waals surface area contributed by atoms with Gasteiger partial charge in [0.05, 0.1) is 16.1 Å².